The first kappa shape index (κ1) is 13.7. The van der Waals surface area contributed by atoms with Gasteiger partial charge < -0.3 is 20.1 Å². The summed E-state index contributed by atoms with van der Waals surface area (Å²) in [5.74, 6) is 0.752. The number of likely N-dealkylation sites (tertiary alicyclic amines) is 1. The van der Waals surface area contributed by atoms with Gasteiger partial charge >= 0.3 is 0 Å². The summed E-state index contributed by atoms with van der Waals surface area (Å²) >= 11 is 0. The van der Waals surface area contributed by atoms with Crippen molar-refractivity contribution >= 4 is 11.8 Å². The maximum Gasteiger partial charge on any atom is 0.267 e. The van der Waals surface area contributed by atoms with Gasteiger partial charge in [0.05, 0.1) is 0 Å². The van der Waals surface area contributed by atoms with Gasteiger partial charge in [-0.3, -0.25) is 9.59 Å². The Bertz CT molecular complexity index is 552. The minimum Gasteiger partial charge on any atom is -0.485 e. The lowest BCUT2D eigenvalue weighted by atomic mass is 9.96. The molecule has 0 saturated carbocycles. The lowest BCUT2D eigenvalue weighted by molar-refractivity contribution is -0.143. The molecule has 1 fully saturated rings. The number of hydrogen-bond donors (Lipinski definition) is 1. The summed E-state index contributed by atoms with van der Waals surface area (Å²) in [7, 11) is 0. The Labute approximate surface area is 122 Å². The van der Waals surface area contributed by atoms with Gasteiger partial charge in [-0.05, 0) is 25.0 Å². The molecule has 2 heterocycles. The van der Waals surface area contributed by atoms with Gasteiger partial charge in [0.2, 0.25) is 12.0 Å². The molecular formula is C15H18N2O4. The highest BCUT2D eigenvalue weighted by Gasteiger charge is 2.33. The quantitative estimate of drug-likeness (QED) is 0.862. The zero-order chi connectivity index (χ0) is 14.8. The van der Waals surface area contributed by atoms with E-state index in [1.807, 2.05) is 18.2 Å². The smallest absolute Gasteiger partial charge is 0.267 e. The van der Waals surface area contributed by atoms with E-state index in [0.717, 1.165) is 0 Å². The van der Waals surface area contributed by atoms with Crippen LogP contribution in [0.2, 0.25) is 0 Å². The van der Waals surface area contributed by atoms with Crippen molar-refractivity contribution in [2.45, 2.75) is 18.9 Å². The Morgan fingerprint density at radius 2 is 1.81 bits per heavy atom. The van der Waals surface area contributed by atoms with Crippen LogP contribution >= 0.6 is 0 Å². The summed E-state index contributed by atoms with van der Waals surface area (Å²) in [5.41, 5.74) is 5.30. The molecule has 1 aromatic carbocycles. The highest BCUT2D eigenvalue weighted by Crippen LogP contribution is 2.31. The molecule has 0 radical (unpaired) electrons. The van der Waals surface area contributed by atoms with Crippen LogP contribution in [0.15, 0.2) is 24.3 Å². The summed E-state index contributed by atoms with van der Waals surface area (Å²) in [6, 6.07) is 7.30. The van der Waals surface area contributed by atoms with E-state index in [9.17, 15) is 9.59 Å². The molecule has 0 spiro atoms. The molecule has 6 heteroatoms. The molecule has 2 aliphatic rings. The Balaban J connectivity index is 1.61. The van der Waals surface area contributed by atoms with Gasteiger partial charge in [0, 0.05) is 19.0 Å². The number of carbonyl (C=O) groups is 2. The van der Waals surface area contributed by atoms with E-state index in [-0.39, 0.29) is 24.3 Å². The highest BCUT2D eigenvalue weighted by atomic mass is 16.6. The third-order valence-corrected chi connectivity index (χ3v) is 3.99. The molecule has 0 aliphatic carbocycles. The topological polar surface area (TPSA) is 81.9 Å². The molecular weight excluding hydrogens is 272 g/mol. The average molecular weight is 290 g/mol. The van der Waals surface area contributed by atoms with Crippen LogP contribution in [0.25, 0.3) is 0 Å². The summed E-state index contributed by atoms with van der Waals surface area (Å²) < 4.78 is 11.3. The van der Waals surface area contributed by atoms with E-state index in [1.54, 1.807) is 11.0 Å². The molecule has 2 amide bonds. The number of piperidine rings is 1. The first-order chi connectivity index (χ1) is 10.1. The Kier molecular flexibility index (Phi) is 3.68. The van der Waals surface area contributed by atoms with Crippen molar-refractivity contribution in [1.29, 1.82) is 0 Å². The first-order valence-electron chi connectivity index (χ1n) is 7.12. The first-order valence-corrected chi connectivity index (χ1v) is 7.12. The molecule has 1 aromatic rings. The van der Waals surface area contributed by atoms with E-state index >= 15 is 0 Å². The lowest BCUT2D eigenvalue weighted by Crippen LogP contribution is -2.50. The molecule has 2 aliphatic heterocycles. The van der Waals surface area contributed by atoms with Crippen LogP contribution in [0.1, 0.15) is 12.8 Å². The van der Waals surface area contributed by atoms with E-state index in [0.29, 0.717) is 37.4 Å². The number of hydrogen-bond acceptors (Lipinski definition) is 4. The maximum atomic E-state index is 12.4. The number of nitrogens with zero attached hydrogens (tertiary/aromatic N) is 1. The van der Waals surface area contributed by atoms with Crippen LogP contribution in [0, 0.1) is 5.92 Å². The van der Waals surface area contributed by atoms with Crippen molar-refractivity contribution in [3.8, 4) is 11.5 Å². The number of carbonyl (C=O) groups excluding carboxylic acids is 2. The number of fused-ring (bicyclic) bond motifs is 1. The molecule has 0 aromatic heterocycles. The molecule has 3 rings (SSSR count). The van der Waals surface area contributed by atoms with Gasteiger partial charge in [0.15, 0.2) is 11.5 Å². The van der Waals surface area contributed by atoms with Gasteiger partial charge in [0.25, 0.3) is 5.91 Å². The van der Waals surface area contributed by atoms with Crippen LogP contribution < -0.4 is 15.2 Å². The van der Waals surface area contributed by atoms with Crippen molar-refractivity contribution in [3.63, 3.8) is 0 Å². The van der Waals surface area contributed by atoms with Gasteiger partial charge in [-0.1, -0.05) is 12.1 Å². The second-order valence-corrected chi connectivity index (χ2v) is 5.37. The van der Waals surface area contributed by atoms with E-state index in [1.165, 1.54) is 0 Å². The zero-order valence-corrected chi connectivity index (χ0v) is 11.7. The second kappa shape index (κ2) is 5.63. The fraction of sp³-hybridized carbons (Fsp3) is 0.467. The van der Waals surface area contributed by atoms with Gasteiger partial charge in [0.1, 0.15) is 6.61 Å². The summed E-state index contributed by atoms with van der Waals surface area (Å²) in [6.45, 7) is 1.29. The molecule has 1 atom stereocenters. The van der Waals surface area contributed by atoms with E-state index < -0.39 is 6.10 Å². The van der Waals surface area contributed by atoms with Crippen molar-refractivity contribution in [3.05, 3.63) is 24.3 Å². The summed E-state index contributed by atoms with van der Waals surface area (Å²) in [6.07, 6.45) is 0.612. The Hall–Kier alpha value is -2.24. The van der Waals surface area contributed by atoms with Crippen LogP contribution in [0.5, 0.6) is 11.5 Å². The second-order valence-electron chi connectivity index (χ2n) is 5.37. The standard InChI is InChI=1S/C15H18N2O4/c16-14(18)10-5-7-17(8-6-10)15(19)13-9-20-11-3-1-2-4-12(11)21-13/h1-4,10,13H,5-9H2,(H2,16,18)/t13-/m1/s1. The molecule has 0 bridgehead atoms. The SMILES string of the molecule is NC(=O)C1CCN(C(=O)[C@H]2COc3ccccc3O2)CC1. The highest BCUT2D eigenvalue weighted by molar-refractivity contribution is 5.82. The fourth-order valence-corrected chi connectivity index (χ4v) is 2.73. The van der Waals surface area contributed by atoms with Crippen molar-refractivity contribution in [2.75, 3.05) is 19.7 Å². The molecule has 21 heavy (non-hydrogen) atoms. The average Bonchev–Trinajstić information content (AvgIpc) is 2.54. The predicted molar refractivity (Wildman–Crippen MR) is 74.9 cm³/mol. The number of benzene rings is 1. The normalized spacial score (nSPS) is 21.9. The van der Waals surface area contributed by atoms with E-state index in [4.69, 9.17) is 15.2 Å². The number of primary amides is 1. The Morgan fingerprint density at radius 3 is 2.48 bits per heavy atom. The van der Waals surface area contributed by atoms with Gasteiger partial charge in [-0.15, -0.1) is 0 Å². The van der Waals surface area contributed by atoms with Crippen molar-refractivity contribution in [1.82, 2.24) is 4.90 Å². The van der Waals surface area contributed by atoms with Gasteiger partial charge in [-0.2, -0.15) is 0 Å². The van der Waals surface area contributed by atoms with E-state index in [2.05, 4.69) is 0 Å². The number of ether oxygens (including phenoxy) is 2. The van der Waals surface area contributed by atoms with Crippen LogP contribution in [0.4, 0.5) is 0 Å². The molecule has 1 saturated heterocycles. The Morgan fingerprint density at radius 1 is 1.14 bits per heavy atom. The van der Waals surface area contributed by atoms with Gasteiger partial charge in [-0.25, -0.2) is 0 Å². The summed E-state index contributed by atoms with van der Waals surface area (Å²) in [5, 5.41) is 0. The number of nitrogens with two attached hydrogens (primary N) is 1. The van der Waals surface area contributed by atoms with Crippen LogP contribution in [-0.2, 0) is 9.59 Å². The predicted octanol–water partition coefficient (Wildman–Crippen LogP) is 0.550. The maximum absolute atomic E-state index is 12.4. The minimum atomic E-state index is -0.620. The third kappa shape index (κ3) is 2.79. The third-order valence-electron chi connectivity index (χ3n) is 3.99. The van der Waals surface area contributed by atoms with Crippen LogP contribution in [-0.4, -0.2) is 42.5 Å². The molecule has 112 valence electrons. The number of para-hydroxylation sites is 2. The number of amides is 2. The number of rotatable bonds is 2. The van der Waals surface area contributed by atoms with Crippen molar-refractivity contribution < 1.29 is 19.1 Å². The zero-order valence-electron chi connectivity index (χ0n) is 11.7. The minimum absolute atomic E-state index is 0.0903. The summed E-state index contributed by atoms with van der Waals surface area (Å²) in [4.78, 5) is 25.3. The molecule has 2 N–H and O–H groups in total. The largest absolute Gasteiger partial charge is 0.485 e. The van der Waals surface area contributed by atoms with Crippen molar-refractivity contribution in [2.24, 2.45) is 11.7 Å². The molecule has 0 unspecified atom stereocenters. The lowest BCUT2D eigenvalue weighted by Gasteiger charge is -2.34. The van der Waals surface area contributed by atoms with Crippen LogP contribution in [0.3, 0.4) is 0 Å². The monoisotopic (exact) mass is 290 g/mol. The molecule has 6 nitrogen and oxygen atoms in total. The fourth-order valence-electron chi connectivity index (χ4n) is 2.73.